The lowest BCUT2D eigenvalue weighted by Crippen LogP contribution is -2.30. The van der Waals surface area contributed by atoms with Gasteiger partial charge in [0.15, 0.2) is 0 Å². The molecule has 2 rings (SSSR count). The molecule has 0 spiro atoms. The number of carboxylic acid groups (broad SMARTS) is 1. The molecule has 1 fully saturated rings. The first-order chi connectivity index (χ1) is 9.45. The maximum absolute atomic E-state index is 11.1. The fourth-order valence-corrected chi connectivity index (χ4v) is 2.29. The highest BCUT2D eigenvalue weighted by Crippen LogP contribution is 2.37. The topological polar surface area (TPSA) is 104 Å². The molecule has 0 aromatic heterocycles. The summed E-state index contributed by atoms with van der Waals surface area (Å²) in [5.41, 5.74) is 0.637. The number of nitro groups is 1. The number of aromatic carboxylic acids is 1. The van der Waals surface area contributed by atoms with Crippen LogP contribution in [0.4, 0.5) is 11.4 Å². The summed E-state index contributed by atoms with van der Waals surface area (Å²) in [5.74, 6) is -1.20. The van der Waals surface area contributed by atoms with E-state index >= 15 is 0 Å². The Morgan fingerprint density at radius 3 is 2.60 bits per heavy atom. The lowest BCUT2D eigenvalue weighted by atomic mass is 10.1. The number of rotatable bonds is 6. The fraction of sp³-hybridized carbons (Fsp3) is 0.462. The third-order valence-electron chi connectivity index (χ3n) is 3.43. The zero-order chi connectivity index (χ0) is 14.9. The molecule has 0 bridgehead atoms. The van der Waals surface area contributed by atoms with E-state index < -0.39 is 10.9 Å². The van der Waals surface area contributed by atoms with Crippen LogP contribution in [-0.4, -0.2) is 40.3 Å². The van der Waals surface area contributed by atoms with Crippen LogP contribution in [0, 0.1) is 17.0 Å². The van der Waals surface area contributed by atoms with E-state index in [0.717, 1.165) is 18.9 Å². The SMILES string of the molecule is Cc1c(N(CCO)C2CC2)cc(C(=O)O)cc1[N+](=O)[O-]. The molecule has 2 N–H and O–H groups in total. The first-order valence-corrected chi connectivity index (χ1v) is 6.35. The number of aliphatic hydroxyl groups is 1. The molecule has 0 atom stereocenters. The standard InChI is InChI=1S/C13H16N2O5/c1-8-11(14(4-5-16)10-2-3-10)6-9(13(17)18)7-12(8)15(19)20/h6-7,10,16H,2-5H2,1H3,(H,17,18). The van der Waals surface area contributed by atoms with Gasteiger partial charge in [-0.2, -0.15) is 0 Å². The molecule has 0 aliphatic heterocycles. The van der Waals surface area contributed by atoms with Crippen LogP contribution in [0.15, 0.2) is 12.1 Å². The van der Waals surface area contributed by atoms with Crippen LogP contribution < -0.4 is 4.90 Å². The van der Waals surface area contributed by atoms with Crippen molar-refractivity contribution in [1.29, 1.82) is 0 Å². The van der Waals surface area contributed by atoms with Crippen LogP contribution in [0.25, 0.3) is 0 Å². The molecule has 20 heavy (non-hydrogen) atoms. The Balaban J connectivity index is 2.54. The van der Waals surface area contributed by atoms with Crippen molar-refractivity contribution in [3.05, 3.63) is 33.4 Å². The van der Waals surface area contributed by atoms with Gasteiger partial charge in [-0.3, -0.25) is 10.1 Å². The van der Waals surface area contributed by atoms with Gasteiger partial charge in [-0.1, -0.05) is 0 Å². The molecule has 1 aliphatic rings. The molecule has 1 aromatic rings. The highest BCUT2D eigenvalue weighted by atomic mass is 16.6. The van der Waals surface area contributed by atoms with Crippen molar-refractivity contribution < 1.29 is 19.9 Å². The minimum Gasteiger partial charge on any atom is -0.478 e. The van der Waals surface area contributed by atoms with E-state index in [1.165, 1.54) is 6.07 Å². The second-order valence-electron chi connectivity index (χ2n) is 4.85. The Labute approximate surface area is 115 Å². The summed E-state index contributed by atoms with van der Waals surface area (Å²) in [6.07, 6.45) is 1.90. The van der Waals surface area contributed by atoms with Gasteiger partial charge >= 0.3 is 5.97 Å². The Morgan fingerprint density at radius 1 is 1.50 bits per heavy atom. The van der Waals surface area contributed by atoms with E-state index in [2.05, 4.69) is 0 Å². The minimum absolute atomic E-state index is 0.0823. The maximum atomic E-state index is 11.1. The van der Waals surface area contributed by atoms with Crippen molar-refractivity contribution in [2.75, 3.05) is 18.1 Å². The maximum Gasteiger partial charge on any atom is 0.336 e. The monoisotopic (exact) mass is 280 g/mol. The van der Waals surface area contributed by atoms with E-state index in [4.69, 9.17) is 10.2 Å². The number of carboxylic acids is 1. The van der Waals surface area contributed by atoms with Crippen molar-refractivity contribution in [1.82, 2.24) is 0 Å². The molecule has 7 heteroatoms. The van der Waals surface area contributed by atoms with Gasteiger partial charge in [0.25, 0.3) is 5.69 Å². The molecule has 0 radical (unpaired) electrons. The largest absolute Gasteiger partial charge is 0.478 e. The van der Waals surface area contributed by atoms with E-state index in [0.29, 0.717) is 17.8 Å². The molecule has 0 unspecified atom stereocenters. The summed E-state index contributed by atoms with van der Waals surface area (Å²) < 4.78 is 0. The van der Waals surface area contributed by atoms with Crippen molar-refractivity contribution >= 4 is 17.3 Å². The van der Waals surface area contributed by atoms with Crippen LogP contribution in [0.1, 0.15) is 28.8 Å². The smallest absolute Gasteiger partial charge is 0.336 e. The molecule has 1 aliphatic carbocycles. The van der Waals surface area contributed by atoms with Crippen LogP contribution in [-0.2, 0) is 0 Å². The summed E-state index contributed by atoms with van der Waals surface area (Å²) in [7, 11) is 0. The van der Waals surface area contributed by atoms with Gasteiger partial charge in [0.1, 0.15) is 0 Å². The van der Waals surface area contributed by atoms with E-state index in [9.17, 15) is 14.9 Å². The van der Waals surface area contributed by atoms with E-state index in [-0.39, 0.29) is 23.9 Å². The second kappa shape index (κ2) is 5.46. The highest BCUT2D eigenvalue weighted by Gasteiger charge is 2.32. The molecule has 1 saturated carbocycles. The molecular weight excluding hydrogens is 264 g/mol. The van der Waals surface area contributed by atoms with E-state index in [1.54, 1.807) is 6.92 Å². The molecule has 108 valence electrons. The van der Waals surface area contributed by atoms with Crippen molar-refractivity contribution in [2.45, 2.75) is 25.8 Å². The number of hydrogen-bond acceptors (Lipinski definition) is 5. The first-order valence-electron chi connectivity index (χ1n) is 6.35. The molecular formula is C13H16N2O5. The van der Waals surface area contributed by atoms with Gasteiger partial charge in [0, 0.05) is 24.3 Å². The first kappa shape index (κ1) is 14.3. The molecule has 0 amide bonds. The third kappa shape index (κ3) is 2.72. The Hall–Kier alpha value is -2.15. The Kier molecular flexibility index (Phi) is 3.89. The summed E-state index contributed by atoms with van der Waals surface area (Å²) in [6.45, 7) is 1.86. The van der Waals surface area contributed by atoms with Crippen molar-refractivity contribution in [3.63, 3.8) is 0 Å². The zero-order valence-electron chi connectivity index (χ0n) is 11.1. The highest BCUT2D eigenvalue weighted by molar-refractivity contribution is 5.90. The number of benzene rings is 1. The lowest BCUT2D eigenvalue weighted by molar-refractivity contribution is -0.385. The Morgan fingerprint density at radius 2 is 2.15 bits per heavy atom. The lowest BCUT2D eigenvalue weighted by Gasteiger charge is -2.25. The number of carbonyl (C=O) groups is 1. The quantitative estimate of drug-likeness (QED) is 0.605. The van der Waals surface area contributed by atoms with Gasteiger partial charge in [-0.15, -0.1) is 0 Å². The fourth-order valence-electron chi connectivity index (χ4n) is 2.29. The summed E-state index contributed by atoms with van der Waals surface area (Å²) >= 11 is 0. The van der Waals surface area contributed by atoms with Crippen LogP contribution in [0.5, 0.6) is 0 Å². The van der Waals surface area contributed by atoms with E-state index in [1.807, 2.05) is 4.90 Å². The van der Waals surface area contributed by atoms with Gasteiger partial charge in [-0.25, -0.2) is 4.79 Å². The normalized spacial score (nSPS) is 14.1. The predicted molar refractivity (Wildman–Crippen MR) is 72.2 cm³/mol. The average Bonchev–Trinajstić information content (AvgIpc) is 3.20. The van der Waals surface area contributed by atoms with Crippen molar-refractivity contribution in [3.8, 4) is 0 Å². The summed E-state index contributed by atoms with van der Waals surface area (Å²) in [6, 6.07) is 2.74. The van der Waals surface area contributed by atoms with Gasteiger partial charge in [0.05, 0.1) is 22.7 Å². The van der Waals surface area contributed by atoms with Gasteiger partial charge < -0.3 is 15.1 Å². The molecule has 0 heterocycles. The van der Waals surface area contributed by atoms with Crippen LogP contribution >= 0.6 is 0 Å². The summed E-state index contributed by atoms with van der Waals surface area (Å²) in [4.78, 5) is 23.5. The second-order valence-corrected chi connectivity index (χ2v) is 4.85. The van der Waals surface area contributed by atoms with Crippen LogP contribution in [0.3, 0.4) is 0 Å². The molecule has 0 saturated heterocycles. The number of hydrogen-bond donors (Lipinski definition) is 2. The molecule has 7 nitrogen and oxygen atoms in total. The number of nitro benzene ring substituents is 1. The molecule has 1 aromatic carbocycles. The zero-order valence-corrected chi connectivity index (χ0v) is 11.1. The number of nitrogens with zero attached hydrogens (tertiary/aromatic N) is 2. The van der Waals surface area contributed by atoms with Crippen molar-refractivity contribution in [2.24, 2.45) is 0 Å². The predicted octanol–water partition coefficient (Wildman–Crippen LogP) is 1.56. The average molecular weight is 280 g/mol. The van der Waals surface area contributed by atoms with Crippen LogP contribution in [0.2, 0.25) is 0 Å². The number of anilines is 1. The number of aliphatic hydroxyl groups excluding tert-OH is 1. The third-order valence-corrected chi connectivity index (χ3v) is 3.43. The Bertz CT molecular complexity index is 554. The van der Waals surface area contributed by atoms with Gasteiger partial charge in [-0.05, 0) is 25.8 Å². The van der Waals surface area contributed by atoms with Gasteiger partial charge in [0.2, 0.25) is 0 Å². The minimum atomic E-state index is -1.20. The summed E-state index contributed by atoms with van der Waals surface area (Å²) in [5, 5.41) is 29.3.